The zero-order chi connectivity index (χ0) is 46.7. The topological polar surface area (TPSA) is 151 Å². The van der Waals surface area contributed by atoms with Crippen molar-refractivity contribution in [2.45, 2.75) is 52.3 Å². The Kier molecular flexibility index (Phi) is 12.9. The Morgan fingerprint density at radius 2 is 1.21 bits per heavy atom. The van der Waals surface area contributed by atoms with Crippen LogP contribution < -0.4 is 5.32 Å². The highest BCUT2D eigenvalue weighted by Gasteiger charge is 2.24. The number of aromatic nitrogens is 4. The standard InChI is InChI=1S/C29H27ClN4O3.C24H19ClN4O/c1-29(2,3)37-28(35)33-12-10-19(11-13-33)21-6-9-26-25(14-21)23(18-36-26)17-34-16-22(15-31)27(32-34)20-4-7-24(30)8-5-20;25-21-4-1-17(2-5-21)24-19(12-26)13-29(28-24)14-20-15-30-23-6-3-18(11-22(20)23)16-7-9-27-10-8-16/h4-10,14,16,18H,11-13,17H2,1-3H3;1-7,11,13,15,27H,8-10,14H2. The van der Waals surface area contributed by atoms with Crippen molar-refractivity contribution in [2.24, 2.45) is 0 Å². The molecule has 4 aromatic carbocycles. The Morgan fingerprint density at radius 3 is 1.64 bits per heavy atom. The molecule has 0 saturated heterocycles. The van der Waals surface area contributed by atoms with Crippen LogP contribution in [0.4, 0.5) is 4.79 Å². The third kappa shape index (κ3) is 10.2. The van der Waals surface area contributed by atoms with Crippen molar-refractivity contribution < 1.29 is 18.4 Å². The summed E-state index contributed by atoms with van der Waals surface area (Å²) in [5.74, 6) is 0. The molecular weight excluding hydrogens is 884 g/mol. The fraction of sp³-hybridized carbons (Fsp3) is 0.226. The largest absolute Gasteiger partial charge is 0.464 e. The molecule has 0 spiro atoms. The average Bonchev–Trinajstić information content (AvgIpc) is 4.15. The molecule has 6 heterocycles. The van der Waals surface area contributed by atoms with Gasteiger partial charge in [-0.05, 0) is 111 Å². The van der Waals surface area contributed by atoms with E-state index in [1.54, 1.807) is 63.4 Å². The maximum atomic E-state index is 12.4. The Hall–Kier alpha value is -7.35. The number of benzene rings is 4. The summed E-state index contributed by atoms with van der Waals surface area (Å²) in [6.07, 6.45) is 12.9. The molecule has 0 saturated carbocycles. The van der Waals surface area contributed by atoms with Gasteiger partial charge in [-0.25, -0.2) is 4.79 Å². The van der Waals surface area contributed by atoms with Crippen molar-refractivity contribution in [1.29, 1.82) is 10.5 Å². The highest BCUT2D eigenvalue weighted by molar-refractivity contribution is 6.31. The fourth-order valence-corrected chi connectivity index (χ4v) is 8.53. The zero-order valence-corrected chi connectivity index (χ0v) is 38.7. The highest BCUT2D eigenvalue weighted by Crippen LogP contribution is 2.32. The van der Waals surface area contributed by atoms with Gasteiger partial charge in [0, 0.05) is 75.1 Å². The first-order valence-corrected chi connectivity index (χ1v) is 22.7. The van der Waals surface area contributed by atoms with Gasteiger partial charge in [0.15, 0.2) is 0 Å². The van der Waals surface area contributed by atoms with Gasteiger partial charge >= 0.3 is 6.09 Å². The molecule has 0 fully saturated rings. The summed E-state index contributed by atoms with van der Waals surface area (Å²) in [5.41, 5.74) is 12.0. The first-order valence-electron chi connectivity index (χ1n) is 22.0. The molecule has 336 valence electrons. The fourth-order valence-electron chi connectivity index (χ4n) is 8.28. The van der Waals surface area contributed by atoms with Crippen LogP contribution in [0.5, 0.6) is 0 Å². The molecule has 10 rings (SSSR count). The maximum absolute atomic E-state index is 12.4. The van der Waals surface area contributed by atoms with Crippen molar-refractivity contribution in [1.82, 2.24) is 29.8 Å². The van der Waals surface area contributed by atoms with Crippen LogP contribution in [0.25, 0.3) is 55.6 Å². The molecule has 0 aliphatic carbocycles. The number of rotatable bonds is 8. The van der Waals surface area contributed by atoms with E-state index in [4.69, 9.17) is 36.8 Å². The number of hydrogen-bond donors (Lipinski definition) is 1. The third-order valence-electron chi connectivity index (χ3n) is 11.6. The van der Waals surface area contributed by atoms with E-state index in [1.165, 1.54) is 16.7 Å². The van der Waals surface area contributed by atoms with Gasteiger partial charge in [0.2, 0.25) is 0 Å². The number of hydrogen-bond acceptors (Lipinski definition) is 9. The van der Waals surface area contributed by atoms with E-state index in [9.17, 15) is 15.3 Å². The molecule has 8 aromatic rings. The lowest BCUT2D eigenvalue weighted by Crippen LogP contribution is -2.39. The molecule has 4 aromatic heterocycles. The van der Waals surface area contributed by atoms with Gasteiger partial charge in [-0.3, -0.25) is 9.36 Å². The van der Waals surface area contributed by atoms with Crippen molar-refractivity contribution in [3.63, 3.8) is 0 Å². The number of nitrogens with zero attached hydrogens (tertiary/aromatic N) is 7. The van der Waals surface area contributed by atoms with Crippen LogP contribution >= 0.6 is 23.2 Å². The molecule has 2 aliphatic heterocycles. The molecule has 0 unspecified atom stereocenters. The molecule has 1 amide bonds. The maximum Gasteiger partial charge on any atom is 0.410 e. The van der Waals surface area contributed by atoms with Gasteiger partial charge in [-0.2, -0.15) is 20.7 Å². The molecule has 0 bridgehead atoms. The minimum Gasteiger partial charge on any atom is -0.464 e. The summed E-state index contributed by atoms with van der Waals surface area (Å²) in [6, 6.07) is 31.6. The highest BCUT2D eigenvalue weighted by atomic mass is 35.5. The van der Waals surface area contributed by atoms with Gasteiger partial charge in [0.25, 0.3) is 0 Å². The van der Waals surface area contributed by atoms with E-state index in [0.717, 1.165) is 75.7 Å². The van der Waals surface area contributed by atoms with Crippen LogP contribution in [0.15, 0.2) is 131 Å². The summed E-state index contributed by atoms with van der Waals surface area (Å²) < 4.78 is 20.6. The summed E-state index contributed by atoms with van der Waals surface area (Å²) in [6.45, 7) is 9.63. The van der Waals surface area contributed by atoms with Crippen LogP contribution in [0, 0.1) is 22.7 Å². The van der Waals surface area contributed by atoms with Crippen LogP contribution in [0.1, 0.15) is 67.0 Å². The second-order valence-corrected chi connectivity index (χ2v) is 18.3. The van der Waals surface area contributed by atoms with Crippen LogP contribution in [-0.2, 0) is 17.8 Å². The van der Waals surface area contributed by atoms with E-state index in [2.05, 4.69) is 58.0 Å². The lowest BCUT2D eigenvalue weighted by molar-refractivity contribution is 0.0270. The van der Waals surface area contributed by atoms with Gasteiger partial charge in [0.05, 0.1) is 36.7 Å². The van der Waals surface area contributed by atoms with Gasteiger partial charge in [-0.1, -0.05) is 71.8 Å². The minimum atomic E-state index is -0.512. The number of carbonyl (C=O) groups is 1. The zero-order valence-electron chi connectivity index (χ0n) is 37.2. The number of ether oxygens (including phenoxy) is 1. The molecule has 14 heteroatoms. The second-order valence-electron chi connectivity index (χ2n) is 17.4. The molecule has 2 aliphatic rings. The SMILES string of the molecule is CC(C)(C)OC(=O)N1CC=C(c2ccc3occ(Cn4cc(C#N)c(-c5ccc(Cl)cc5)n4)c3c2)CC1.N#Cc1cn(Cc2coc3ccc(C4=CCNCC4)cc23)nc1-c1ccc(Cl)cc1. The van der Waals surface area contributed by atoms with E-state index in [-0.39, 0.29) is 6.09 Å². The van der Waals surface area contributed by atoms with Gasteiger partial charge in [0.1, 0.15) is 40.3 Å². The van der Waals surface area contributed by atoms with E-state index < -0.39 is 5.60 Å². The van der Waals surface area contributed by atoms with Gasteiger partial charge in [-0.15, -0.1) is 0 Å². The Labute approximate surface area is 397 Å². The lowest BCUT2D eigenvalue weighted by Gasteiger charge is -2.29. The van der Waals surface area contributed by atoms with E-state index in [0.29, 0.717) is 58.7 Å². The van der Waals surface area contributed by atoms with Crippen LogP contribution in [0.3, 0.4) is 0 Å². The minimum absolute atomic E-state index is 0.288. The predicted molar refractivity (Wildman–Crippen MR) is 261 cm³/mol. The summed E-state index contributed by atoms with van der Waals surface area (Å²) in [4.78, 5) is 14.1. The smallest absolute Gasteiger partial charge is 0.410 e. The van der Waals surface area contributed by atoms with Crippen molar-refractivity contribution in [3.8, 4) is 34.7 Å². The summed E-state index contributed by atoms with van der Waals surface area (Å²) in [5, 5.41) is 35.3. The van der Waals surface area contributed by atoms with Crippen molar-refractivity contribution in [2.75, 3.05) is 26.2 Å². The Bertz CT molecular complexity index is 3260. The van der Waals surface area contributed by atoms with Crippen LogP contribution in [-0.4, -0.2) is 62.3 Å². The summed E-state index contributed by atoms with van der Waals surface area (Å²) in [7, 11) is 0. The normalized spacial score (nSPS) is 13.9. The van der Waals surface area contributed by atoms with Crippen molar-refractivity contribution >= 4 is 62.4 Å². The second kappa shape index (κ2) is 19.2. The number of furan rings is 2. The Balaban J connectivity index is 0.000000171. The Morgan fingerprint density at radius 1 is 0.716 bits per heavy atom. The number of nitrogens with one attached hydrogen (secondary N) is 1. The molecule has 12 nitrogen and oxygen atoms in total. The number of halogens is 2. The van der Waals surface area contributed by atoms with Gasteiger partial charge < -0.3 is 23.8 Å². The molecule has 1 N–H and O–H groups in total. The molecule has 0 atom stereocenters. The third-order valence-corrected chi connectivity index (χ3v) is 12.1. The average molecular weight is 930 g/mol. The first kappa shape index (κ1) is 44.8. The number of amides is 1. The van der Waals surface area contributed by atoms with E-state index in [1.807, 2.05) is 63.2 Å². The molecule has 0 radical (unpaired) electrons. The number of fused-ring (bicyclic) bond motifs is 2. The number of carbonyl (C=O) groups excluding carboxylic acids is 1. The monoisotopic (exact) mass is 928 g/mol. The van der Waals surface area contributed by atoms with Crippen LogP contribution in [0.2, 0.25) is 10.0 Å². The first-order chi connectivity index (χ1) is 32.4. The quantitative estimate of drug-likeness (QED) is 0.157. The van der Waals surface area contributed by atoms with Crippen molar-refractivity contribution in [3.05, 3.63) is 165 Å². The lowest BCUT2D eigenvalue weighted by atomic mass is 9.97. The summed E-state index contributed by atoms with van der Waals surface area (Å²) >= 11 is 12.0. The predicted octanol–water partition coefficient (Wildman–Crippen LogP) is 12.1. The van der Waals surface area contributed by atoms with E-state index >= 15 is 0 Å². The molecular formula is C53H46Cl2N8O4. The molecule has 67 heavy (non-hydrogen) atoms. The number of nitriles is 2.